The normalized spacial score (nSPS) is 18.6. The van der Waals surface area contributed by atoms with Crippen LogP contribution < -0.4 is 5.32 Å². The van der Waals surface area contributed by atoms with Gasteiger partial charge < -0.3 is 14.3 Å². The summed E-state index contributed by atoms with van der Waals surface area (Å²) in [6, 6.07) is 3.88. The lowest BCUT2D eigenvalue weighted by Crippen LogP contribution is -2.43. The molecule has 24 heavy (non-hydrogen) atoms. The topological polar surface area (TPSA) is 76.2 Å². The number of aryl methyl sites for hydroxylation is 1. The van der Waals surface area contributed by atoms with E-state index in [0.29, 0.717) is 13.0 Å². The van der Waals surface area contributed by atoms with Gasteiger partial charge in [0.25, 0.3) is 0 Å². The molecule has 2 aromatic rings. The van der Waals surface area contributed by atoms with Crippen LogP contribution in [0.2, 0.25) is 0 Å². The third-order valence-corrected chi connectivity index (χ3v) is 4.52. The Morgan fingerprint density at radius 3 is 3.21 bits per heavy atom. The average molecular weight is 331 g/mol. The third kappa shape index (κ3) is 4.23. The molecule has 1 aliphatic rings. The second-order valence-electron chi connectivity index (χ2n) is 6.23. The second kappa shape index (κ2) is 8.10. The van der Waals surface area contributed by atoms with Crippen molar-refractivity contribution >= 4 is 5.91 Å². The highest BCUT2D eigenvalue weighted by Gasteiger charge is 2.26. The standard InChI is InChI=1S/C17H25N5O2/c1-2-22-13-19-20-16(22)7-8-18-17(23)14-5-3-9-21(11-14)12-15-6-4-10-24-15/h4,6,10,13-14H,2-3,5,7-9,11-12H2,1H3,(H,18,23)/t14-/m0/s1. The predicted octanol–water partition coefficient (Wildman–Crippen LogP) is 1.46. The Hall–Kier alpha value is -2.15. The van der Waals surface area contributed by atoms with Crippen molar-refractivity contribution in [3.05, 3.63) is 36.3 Å². The van der Waals surface area contributed by atoms with Crippen LogP contribution in [0.15, 0.2) is 29.1 Å². The molecule has 0 saturated carbocycles. The van der Waals surface area contributed by atoms with Crippen LogP contribution in [0.25, 0.3) is 0 Å². The minimum atomic E-state index is 0.0535. The molecule has 7 heteroatoms. The zero-order valence-electron chi connectivity index (χ0n) is 14.1. The van der Waals surface area contributed by atoms with Crippen molar-refractivity contribution in [3.63, 3.8) is 0 Å². The van der Waals surface area contributed by atoms with Gasteiger partial charge >= 0.3 is 0 Å². The van der Waals surface area contributed by atoms with Gasteiger partial charge in [0.1, 0.15) is 17.9 Å². The quantitative estimate of drug-likeness (QED) is 0.831. The number of nitrogens with zero attached hydrogens (tertiary/aromatic N) is 4. The van der Waals surface area contributed by atoms with E-state index in [2.05, 4.69) is 27.3 Å². The summed E-state index contributed by atoms with van der Waals surface area (Å²) in [7, 11) is 0. The van der Waals surface area contributed by atoms with Gasteiger partial charge in [-0.25, -0.2) is 0 Å². The molecule has 3 heterocycles. The van der Waals surface area contributed by atoms with Gasteiger partial charge in [-0.3, -0.25) is 9.69 Å². The van der Waals surface area contributed by atoms with E-state index in [9.17, 15) is 4.79 Å². The van der Waals surface area contributed by atoms with Crippen LogP contribution in [-0.4, -0.2) is 45.2 Å². The summed E-state index contributed by atoms with van der Waals surface area (Å²) < 4.78 is 7.40. The van der Waals surface area contributed by atoms with Gasteiger partial charge in [0.15, 0.2) is 0 Å². The fourth-order valence-electron chi connectivity index (χ4n) is 3.21. The molecule has 2 aromatic heterocycles. The van der Waals surface area contributed by atoms with Crippen LogP contribution >= 0.6 is 0 Å². The fourth-order valence-corrected chi connectivity index (χ4v) is 3.21. The Morgan fingerprint density at radius 2 is 2.42 bits per heavy atom. The van der Waals surface area contributed by atoms with E-state index >= 15 is 0 Å². The van der Waals surface area contributed by atoms with E-state index in [0.717, 1.165) is 50.6 Å². The first-order valence-corrected chi connectivity index (χ1v) is 8.65. The number of rotatable bonds is 7. The smallest absolute Gasteiger partial charge is 0.224 e. The van der Waals surface area contributed by atoms with Crippen LogP contribution in [0.3, 0.4) is 0 Å². The number of carbonyl (C=O) groups is 1. The third-order valence-electron chi connectivity index (χ3n) is 4.52. The maximum Gasteiger partial charge on any atom is 0.224 e. The highest BCUT2D eigenvalue weighted by molar-refractivity contribution is 5.78. The molecule has 1 fully saturated rings. The number of amides is 1. The van der Waals surface area contributed by atoms with Crippen molar-refractivity contribution < 1.29 is 9.21 Å². The molecular weight excluding hydrogens is 306 g/mol. The number of piperidine rings is 1. The van der Waals surface area contributed by atoms with Crippen LogP contribution in [0.1, 0.15) is 31.4 Å². The monoisotopic (exact) mass is 331 g/mol. The molecule has 7 nitrogen and oxygen atoms in total. The second-order valence-corrected chi connectivity index (χ2v) is 6.23. The SMILES string of the molecule is CCn1cnnc1CCNC(=O)[C@H]1CCCN(Cc2ccco2)C1. The molecule has 3 rings (SSSR count). The molecule has 1 aliphatic heterocycles. The van der Waals surface area contributed by atoms with E-state index < -0.39 is 0 Å². The van der Waals surface area contributed by atoms with Gasteiger partial charge in [-0.1, -0.05) is 0 Å². The van der Waals surface area contributed by atoms with Crippen LogP contribution in [-0.2, 0) is 24.3 Å². The summed E-state index contributed by atoms with van der Waals surface area (Å²) in [6.45, 7) is 6.09. The summed E-state index contributed by atoms with van der Waals surface area (Å²) in [5.74, 6) is 2.07. The fraction of sp³-hybridized carbons (Fsp3) is 0.588. The van der Waals surface area contributed by atoms with E-state index in [1.807, 2.05) is 16.7 Å². The van der Waals surface area contributed by atoms with Crippen LogP contribution in [0, 0.1) is 5.92 Å². The number of furan rings is 1. The number of carbonyl (C=O) groups excluding carboxylic acids is 1. The maximum absolute atomic E-state index is 12.4. The Kier molecular flexibility index (Phi) is 5.63. The lowest BCUT2D eigenvalue weighted by Gasteiger charge is -2.31. The highest BCUT2D eigenvalue weighted by atomic mass is 16.3. The molecule has 1 saturated heterocycles. The number of aromatic nitrogens is 3. The van der Waals surface area contributed by atoms with E-state index in [-0.39, 0.29) is 11.8 Å². The van der Waals surface area contributed by atoms with Crippen LogP contribution in [0.4, 0.5) is 0 Å². The van der Waals surface area contributed by atoms with Gasteiger partial charge in [-0.05, 0) is 38.4 Å². The molecule has 0 bridgehead atoms. The zero-order chi connectivity index (χ0) is 16.8. The highest BCUT2D eigenvalue weighted by Crippen LogP contribution is 2.19. The first-order chi connectivity index (χ1) is 11.8. The molecule has 0 spiro atoms. The van der Waals surface area contributed by atoms with Gasteiger partial charge in [0.2, 0.25) is 5.91 Å². The number of nitrogens with one attached hydrogen (secondary N) is 1. The van der Waals surface area contributed by atoms with E-state index in [1.165, 1.54) is 0 Å². The first kappa shape index (κ1) is 16.7. The van der Waals surface area contributed by atoms with Gasteiger partial charge in [0, 0.05) is 26.1 Å². The molecule has 1 N–H and O–H groups in total. The summed E-state index contributed by atoms with van der Waals surface area (Å²) in [6.07, 6.45) is 6.13. The molecule has 0 aromatic carbocycles. The molecule has 0 unspecified atom stereocenters. The molecular formula is C17H25N5O2. The molecule has 0 radical (unpaired) electrons. The summed E-state index contributed by atoms with van der Waals surface area (Å²) in [5.41, 5.74) is 0. The van der Waals surface area contributed by atoms with Gasteiger partial charge in [0.05, 0.1) is 18.7 Å². The Morgan fingerprint density at radius 1 is 1.50 bits per heavy atom. The first-order valence-electron chi connectivity index (χ1n) is 8.65. The number of likely N-dealkylation sites (tertiary alicyclic amines) is 1. The van der Waals surface area contributed by atoms with Crippen molar-refractivity contribution in [1.29, 1.82) is 0 Å². The number of hydrogen-bond acceptors (Lipinski definition) is 5. The minimum absolute atomic E-state index is 0.0535. The maximum atomic E-state index is 12.4. The molecule has 0 aliphatic carbocycles. The molecule has 1 atom stereocenters. The van der Waals surface area contributed by atoms with E-state index in [1.54, 1.807) is 12.6 Å². The lowest BCUT2D eigenvalue weighted by atomic mass is 9.97. The van der Waals surface area contributed by atoms with E-state index in [4.69, 9.17) is 4.42 Å². The minimum Gasteiger partial charge on any atom is -0.468 e. The molecule has 1 amide bonds. The number of hydrogen-bond donors (Lipinski definition) is 1. The Bertz CT molecular complexity index is 637. The van der Waals surface area contributed by atoms with Crippen molar-refractivity contribution in [3.8, 4) is 0 Å². The van der Waals surface area contributed by atoms with Crippen molar-refractivity contribution in [2.75, 3.05) is 19.6 Å². The summed E-state index contributed by atoms with van der Waals surface area (Å²) in [5, 5.41) is 11.1. The van der Waals surface area contributed by atoms with Crippen molar-refractivity contribution in [2.45, 2.75) is 39.3 Å². The van der Waals surface area contributed by atoms with Crippen molar-refractivity contribution in [2.24, 2.45) is 5.92 Å². The lowest BCUT2D eigenvalue weighted by molar-refractivity contribution is -0.126. The zero-order valence-corrected chi connectivity index (χ0v) is 14.1. The summed E-state index contributed by atoms with van der Waals surface area (Å²) in [4.78, 5) is 14.7. The average Bonchev–Trinajstić information content (AvgIpc) is 3.26. The summed E-state index contributed by atoms with van der Waals surface area (Å²) >= 11 is 0. The van der Waals surface area contributed by atoms with Gasteiger partial charge in [-0.15, -0.1) is 10.2 Å². The van der Waals surface area contributed by atoms with Crippen molar-refractivity contribution in [1.82, 2.24) is 25.0 Å². The van der Waals surface area contributed by atoms with Crippen LogP contribution in [0.5, 0.6) is 0 Å². The van der Waals surface area contributed by atoms with Gasteiger partial charge in [-0.2, -0.15) is 0 Å². The Labute approximate surface area is 142 Å². The Balaban J connectivity index is 1.44. The predicted molar refractivity (Wildman–Crippen MR) is 89.1 cm³/mol. The largest absolute Gasteiger partial charge is 0.468 e. The molecule has 130 valence electrons.